The molecular formula is C19H18OS. The van der Waals surface area contributed by atoms with E-state index in [9.17, 15) is 4.79 Å². The van der Waals surface area contributed by atoms with Crippen LogP contribution in [0.4, 0.5) is 0 Å². The van der Waals surface area contributed by atoms with Gasteiger partial charge in [-0.05, 0) is 30.5 Å². The number of carbonyl (C=O) groups excluding carboxylic acids is 1. The molecule has 3 rings (SSSR count). The van der Waals surface area contributed by atoms with E-state index >= 15 is 0 Å². The summed E-state index contributed by atoms with van der Waals surface area (Å²) in [5, 5.41) is 0.0985. The highest BCUT2D eigenvalue weighted by atomic mass is 32.2. The predicted molar refractivity (Wildman–Crippen MR) is 88.4 cm³/mol. The third kappa shape index (κ3) is 3.45. The third-order valence-corrected chi connectivity index (χ3v) is 4.98. The number of hydrogen-bond donors (Lipinski definition) is 0. The van der Waals surface area contributed by atoms with Crippen LogP contribution in [-0.4, -0.2) is 5.78 Å². The summed E-state index contributed by atoms with van der Waals surface area (Å²) in [4.78, 5) is 13.5. The van der Waals surface area contributed by atoms with E-state index < -0.39 is 0 Å². The van der Waals surface area contributed by atoms with Crippen molar-refractivity contribution in [3.63, 3.8) is 0 Å². The molecule has 0 heterocycles. The van der Waals surface area contributed by atoms with Crippen molar-refractivity contribution in [2.45, 2.75) is 29.4 Å². The van der Waals surface area contributed by atoms with Crippen LogP contribution in [0.25, 0.3) is 0 Å². The van der Waals surface area contributed by atoms with Crippen LogP contribution in [0.3, 0.4) is 0 Å². The lowest BCUT2D eigenvalue weighted by molar-refractivity contribution is -0.116. The van der Waals surface area contributed by atoms with Crippen molar-refractivity contribution in [3.8, 4) is 0 Å². The third-order valence-electron chi connectivity index (χ3n) is 3.68. The Kier molecular flexibility index (Phi) is 4.56. The maximum Gasteiger partial charge on any atom is 0.160 e. The molecule has 0 aliphatic heterocycles. The molecule has 0 saturated heterocycles. The van der Waals surface area contributed by atoms with Gasteiger partial charge in [-0.2, -0.15) is 0 Å². The Bertz CT molecular complexity index is 631. The summed E-state index contributed by atoms with van der Waals surface area (Å²) in [5.74, 6) is 0.304. The van der Waals surface area contributed by atoms with Crippen molar-refractivity contribution in [1.29, 1.82) is 0 Å². The van der Waals surface area contributed by atoms with Gasteiger partial charge in [0.05, 0.1) is 5.25 Å². The Morgan fingerprint density at radius 1 is 0.905 bits per heavy atom. The molecular weight excluding hydrogens is 276 g/mol. The molecule has 21 heavy (non-hydrogen) atoms. The van der Waals surface area contributed by atoms with Crippen molar-refractivity contribution in [1.82, 2.24) is 0 Å². The van der Waals surface area contributed by atoms with E-state index in [0.29, 0.717) is 12.2 Å². The lowest BCUT2D eigenvalue weighted by Crippen LogP contribution is -2.13. The lowest BCUT2D eigenvalue weighted by atomic mass is 9.92. The van der Waals surface area contributed by atoms with Gasteiger partial charge in [-0.25, -0.2) is 0 Å². The van der Waals surface area contributed by atoms with Gasteiger partial charge in [0.15, 0.2) is 5.78 Å². The number of carbonyl (C=O) groups is 1. The smallest absolute Gasteiger partial charge is 0.160 e. The van der Waals surface area contributed by atoms with E-state index in [0.717, 1.165) is 18.4 Å². The molecule has 1 unspecified atom stereocenters. The summed E-state index contributed by atoms with van der Waals surface area (Å²) >= 11 is 1.76. The first-order chi connectivity index (χ1) is 10.3. The van der Waals surface area contributed by atoms with Crippen molar-refractivity contribution < 1.29 is 4.79 Å². The van der Waals surface area contributed by atoms with E-state index in [-0.39, 0.29) is 5.25 Å². The van der Waals surface area contributed by atoms with Crippen LogP contribution in [0.15, 0.2) is 77.2 Å². The lowest BCUT2D eigenvalue weighted by Gasteiger charge is -2.22. The summed E-state index contributed by atoms with van der Waals surface area (Å²) in [5.41, 5.74) is 2.18. The van der Waals surface area contributed by atoms with Crippen LogP contribution in [0.1, 0.15) is 30.1 Å². The highest BCUT2D eigenvalue weighted by Crippen LogP contribution is 2.42. The molecule has 0 radical (unpaired) electrons. The zero-order valence-corrected chi connectivity index (χ0v) is 12.7. The molecule has 0 fully saturated rings. The van der Waals surface area contributed by atoms with Crippen LogP contribution < -0.4 is 0 Å². The number of rotatable bonds is 4. The molecule has 2 aromatic rings. The minimum absolute atomic E-state index is 0.0985. The fourth-order valence-electron chi connectivity index (χ4n) is 2.61. The van der Waals surface area contributed by atoms with Crippen LogP contribution in [0.2, 0.25) is 0 Å². The topological polar surface area (TPSA) is 17.1 Å². The summed E-state index contributed by atoms with van der Waals surface area (Å²) < 4.78 is 0. The van der Waals surface area contributed by atoms with Gasteiger partial charge in [0, 0.05) is 16.9 Å². The Hall–Kier alpha value is -1.80. The summed E-state index contributed by atoms with van der Waals surface area (Å²) in [6, 6.07) is 20.7. The second-order valence-corrected chi connectivity index (χ2v) is 6.38. The largest absolute Gasteiger partial charge is 0.295 e. The highest BCUT2D eigenvalue weighted by molar-refractivity contribution is 7.99. The maximum atomic E-state index is 12.3. The Morgan fingerprint density at radius 2 is 1.57 bits per heavy atom. The van der Waals surface area contributed by atoms with Crippen molar-refractivity contribution in [2.24, 2.45) is 0 Å². The van der Waals surface area contributed by atoms with Crippen molar-refractivity contribution in [3.05, 3.63) is 77.9 Å². The van der Waals surface area contributed by atoms with E-state index in [1.807, 2.05) is 36.4 Å². The molecule has 1 aliphatic rings. The average molecular weight is 294 g/mol. The van der Waals surface area contributed by atoms with Gasteiger partial charge in [0.2, 0.25) is 0 Å². The van der Waals surface area contributed by atoms with E-state index in [1.165, 1.54) is 10.5 Å². The number of thioether (sulfide) groups is 1. The van der Waals surface area contributed by atoms with Gasteiger partial charge in [-0.1, -0.05) is 54.6 Å². The first-order valence-electron chi connectivity index (χ1n) is 7.34. The first-order valence-corrected chi connectivity index (χ1v) is 8.22. The molecule has 1 atom stereocenters. The van der Waals surface area contributed by atoms with E-state index in [4.69, 9.17) is 0 Å². The standard InChI is InChI=1S/C19H18OS/c20-18-14-8-7-13-17(18)19(15-9-3-1-4-10-15)21-16-11-5-2-6-12-16/h1-6,9-13,19H,7-8,14H2. The molecule has 0 N–H and O–H groups in total. The normalized spacial score (nSPS) is 16.4. The molecule has 0 spiro atoms. The van der Waals surface area contributed by atoms with E-state index in [1.54, 1.807) is 11.8 Å². The predicted octanol–water partition coefficient (Wildman–Crippen LogP) is 5.20. The monoisotopic (exact) mass is 294 g/mol. The Morgan fingerprint density at radius 3 is 2.24 bits per heavy atom. The minimum atomic E-state index is 0.0985. The molecule has 106 valence electrons. The van der Waals surface area contributed by atoms with Crippen LogP contribution >= 0.6 is 11.8 Å². The van der Waals surface area contributed by atoms with Gasteiger partial charge in [0.1, 0.15) is 0 Å². The molecule has 2 aromatic carbocycles. The number of Topliss-reactive ketones (excluding diaryl/α,β-unsaturated/α-hetero) is 1. The van der Waals surface area contributed by atoms with Crippen molar-refractivity contribution in [2.75, 3.05) is 0 Å². The fourth-order valence-corrected chi connectivity index (χ4v) is 3.84. The second kappa shape index (κ2) is 6.77. The second-order valence-electron chi connectivity index (χ2n) is 5.20. The fraction of sp³-hybridized carbons (Fsp3) is 0.211. The number of benzene rings is 2. The number of ketones is 1. The Balaban J connectivity index is 1.95. The van der Waals surface area contributed by atoms with Gasteiger partial charge in [0.25, 0.3) is 0 Å². The highest BCUT2D eigenvalue weighted by Gasteiger charge is 2.25. The summed E-state index contributed by atoms with van der Waals surface area (Å²) in [7, 11) is 0. The first kappa shape index (κ1) is 14.2. The van der Waals surface area contributed by atoms with Crippen molar-refractivity contribution >= 4 is 17.5 Å². The zero-order chi connectivity index (χ0) is 14.5. The molecule has 0 aromatic heterocycles. The summed E-state index contributed by atoms with van der Waals surface area (Å²) in [6.07, 6.45) is 4.82. The van der Waals surface area contributed by atoms with Gasteiger partial charge < -0.3 is 0 Å². The van der Waals surface area contributed by atoms with Gasteiger partial charge in [-0.3, -0.25) is 4.79 Å². The minimum Gasteiger partial charge on any atom is -0.295 e. The molecule has 2 heteroatoms. The maximum absolute atomic E-state index is 12.3. The van der Waals surface area contributed by atoms with Crippen LogP contribution in [0.5, 0.6) is 0 Å². The average Bonchev–Trinajstić information content (AvgIpc) is 2.55. The van der Waals surface area contributed by atoms with Crippen LogP contribution in [0, 0.1) is 0 Å². The molecule has 0 saturated carbocycles. The zero-order valence-electron chi connectivity index (χ0n) is 11.9. The summed E-state index contributed by atoms with van der Waals surface area (Å²) in [6.45, 7) is 0. The molecule has 1 nitrogen and oxygen atoms in total. The number of hydrogen-bond acceptors (Lipinski definition) is 2. The number of allylic oxidation sites excluding steroid dienone is 1. The van der Waals surface area contributed by atoms with Gasteiger partial charge >= 0.3 is 0 Å². The molecule has 0 bridgehead atoms. The molecule has 0 amide bonds. The van der Waals surface area contributed by atoms with Gasteiger partial charge in [-0.15, -0.1) is 11.8 Å². The Labute approximate surface area is 130 Å². The van der Waals surface area contributed by atoms with E-state index in [2.05, 4.69) is 30.3 Å². The SMILES string of the molecule is O=C1CCCC=C1C(Sc1ccccc1)c1ccccc1. The quantitative estimate of drug-likeness (QED) is 0.721. The van der Waals surface area contributed by atoms with Crippen LogP contribution in [-0.2, 0) is 4.79 Å². The molecule has 1 aliphatic carbocycles.